The fourth-order valence-corrected chi connectivity index (χ4v) is 4.06. The number of aliphatic hydroxyl groups is 1. The van der Waals surface area contributed by atoms with Gasteiger partial charge in [-0.25, -0.2) is 0 Å². The lowest BCUT2D eigenvalue weighted by molar-refractivity contribution is -0.152. The van der Waals surface area contributed by atoms with Gasteiger partial charge in [-0.2, -0.15) is 0 Å². The molecule has 0 aliphatic heterocycles. The van der Waals surface area contributed by atoms with E-state index in [-0.39, 0.29) is 11.9 Å². The Labute approximate surface area is 165 Å². The van der Waals surface area contributed by atoms with Gasteiger partial charge < -0.3 is 9.84 Å². The van der Waals surface area contributed by atoms with E-state index in [2.05, 4.69) is 38.1 Å². The molecule has 0 heterocycles. The number of esters is 1. The van der Waals surface area contributed by atoms with Gasteiger partial charge in [0.05, 0.1) is 18.1 Å². The molecule has 1 saturated carbocycles. The van der Waals surface area contributed by atoms with Gasteiger partial charge in [0.2, 0.25) is 0 Å². The van der Waals surface area contributed by atoms with Crippen molar-refractivity contribution < 1.29 is 14.6 Å². The molecule has 1 aliphatic carbocycles. The highest BCUT2D eigenvalue weighted by atomic mass is 16.5. The van der Waals surface area contributed by atoms with Crippen LogP contribution in [0.5, 0.6) is 0 Å². The van der Waals surface area contributed by atoms with Crippen molar-refractivity contribution in [1.29, 1.82) is 0 Å². The van der Waals surface area contributed by atoms with Gasteiger partial charge in [-0.05, 0) is 49.7 Å². The molecule has 1 aliphatic rings. The third-order valence-electron chi connectivity index (χ3n) is 5.92. The van der Waals surface area contributed by atoms with E-state index in [0.29, 0.717) is 32.3 Å². The molecule has 1 N–H and O–H groups in total. The van der Waals surface area contributed by atoms with Gasteiger partial charge in [0.25, 0.3) is 0 Å². The third kappa shape index (κ3) is 6.95. The average Bonchev–Trinajstić information content (AvgIpc) is 2.68. The molecule has 3 heteroatoms. The number of rotatable bonds is 11. The van der Waals surface area contributed by atoms with E-state index < -0.39 is 5.60 Å². The molecule has 0 aromatic heterocycles. The van der Waals surface area contributed by atoms with Crippen molar-refractivity contribution in [3.63, 3.8) is 0 Å². The van der Waals surface area contributed by atoms with Crippen LogP contribution in [-0.2, 0) is 21.6 Å². The monoisotopic (exact) mass is 374 g/mol. The van der Waals surface area contributed by atoms with E-state index >= 15 is 0 Å². The lowest BCUT2D eigenvalue weighted by Gasteiger charge is -2.35. The summed E-state index contributed by atoms with van der Waals surface area (Å²) in [4.78, 5) is 12.3. The SMILES string of the molecule is CCCCCCCCOC(=O)C1CCC(O)(c2ccc(CCC)cc2)CC1. The molecular formula is C24H38O3. The Kier molecular flexibility index (Phi) is 9.33. The average molecular weight is 375 g/mol. The molecule has 1 aromatic rings. The van der Waals surface area contributed by atoms with E-state index in [1.807, 2.05) is 0 Å². The van der Waals surface area contributed by atoms with Crippen LogP contribution in [0.25, 0.3) is 0 Å². The first-order valence-electron chi connectivity index (χ1n) is 11.1. The molecule has 3 nitrogen and oxygen atoms in total. The highest BCUT2D eigenvalue weighted by Gasteiger charge is 2.37. The van der Waals surface area contributed by atoms with Crippen molar-refractivity contribution in [2.45, 2.75) is 96.5 Å². The first-order valence-corrected chi connectivity index (χ1v) is 11.1. The summed E-state index contributed by atoms with van der Waals surface area (Å²) in [7, 11) is 0. The topological polar surface area (TPSA) is 46.5 Å². The molecule has 0 atom stereocenters. The van der Waals surface area contributed by atoms with Crippen LogP contribution in [0.1, 0.15) is 95.6 Å². The lowest BCUT2D eigenvalue weighted by atomic mass is 9.75. The normalized spacial score (nSPS) is 22.6. The van der Waals surface area contributed by atoms with Crippen LogP contribution < -0.4 is 0 Å². The summed E-state index contributed by atoms with van der Waals surface area (Å²) in [6.07, 6.45) is 12.1. The van der Waals surface area contributed by atoms with Crippen LogP contribution in [0.3, 0.4) is 0 Å². The zero-order chi connectivity index (χ0) is 19.5. The van der Waals surface area contributed by atoms with Crippen LogP contribution in [0.15, 0.2) is 24.3 Å². The smallest absolute Gasteiger partial charge is 0.308 e. The highest BCUT2D eigenvalue weighted by Crippen LogP contribution is 2.40. The number of carbonyl (C=O) groups excluding carboxylic acids is 1. The molecule has 0 bridgehead atoms. The second-order valence-corrected chi connectivity index (χ2v) is 8.19. The van der Waals surface area contributed by atoms with Gasteiger partial charge in [0.1, 0.15) is 0 Å². The van der Waals surface area contributed by atoms with Crippen LogP contribution in [0, 0.1) is 5.92 Å². The number of aryl methyl sites for hydroxylation is 1. The Morgan fingerprint density at radius 1 is 1.00 bits per heavy atom. The van der Waals surface area contributed by atoms with Crippen LogP contribution in [0.2, 0.25) is 0 Å². The van der Waals surface area contributed by atoms with E-state index in [9.17, 15) is 9.90 Å². The van der Waals surface area contributed by atoms with Crippen molar-refractivity contribution in [2.24, 2.45) is 5.92 Å². The highest BCUT2D eigenvalue weighted by molar-refractivity contribution is 5.72. The molecule has 27 heavy (non-hydrogen) atoms. The number of carbonyl (C=O) groups is 1. The van der Waals surface area contributed by atoms with Crippen molar-refractivity contribution >= 4 is 5.97 Å². The first kappa shape index (κ1) is 21.9. The summed E-state index contributed by atoms with van der Waals surface area (Å²) >= 11 is 0. The number of hydrogen-bond acceptors (Lipinski definition) is 3. The van der Waals surface area contributed by atoms with Gasteiger partial charge >= 0.3 is 5.97 Å². The van der Waals surface area contributed by atoms with Crippen LogP contribution in [-0.4, -0.2) is 17.7 Å². The lowest BCUT2D eigenvalue weighted by Crippen LogP contribution is -2.34. The zero-order valence-electron chi connectivity index (χ0n) is 17.3. The van der Waals surface area contributed by atoms with Crippen molar-refractivity contribution in [2.75, 3.05) is 6.61 Å². The quantitative estimate of drug-likeness (QED) is 0.386. The fraction of sp³-hybridized carbons (Fsp3) is 0.708. The van der Waals surface area contributed by atoms with Crippen LogP contribution in [0.4, 0.5) is 0 Å². The van der Waals surface area contributed by atoms with Gasteiger partial charge in [-0.15, -0.1) is 0 Å². The van der Waals surface area contributed by atoms with Gasteiger partial charge in [-0.1, -0.05) is 76.6 Å². The minimum atomic E-state index is -0.791. The number of benzene rings is 1. The summed E-state index contributed by atoms with van der Waals surface area (Å²) in [5.74, 6) is -0.117. The van der Waals surface area contributed by atoms with Gasteiger partial charge in [0, 0.05) is 0 Å². The molecule has 2 rings (SSSR count). The molecule has 0 unspecified atom stereocenters. The minimum absolute atomic E-state index is 0.0512. The molecule has 1 aromatic carbocycles. The van der Waals surface area contributed by atoms with Crippen molar-refractivity contribution in [3.8, 4) is 0 Å². The van der Waals surface area contributed by atoms with Crippen molar-refractivity contribution in [3.05, 3.63) is 35.4 Å². The van der Waals surface area contributed by atoms with Crippen molar-refractivity contribution in [1.82, 2.24) is 0 Å². The maximum atomic E-state index is 12.3. The predicted molar refractivity (Wildman–Crippen MR) is 111 cm³/mol. The number of hydrogen-bond donors (Lipinski definition) is 1. The molecule has 0 saturated heterocycles. The standard InChI is InChI=1S/C24H38O3/c1-3-5-6-7-8-9-19-27-23(25)21-15-17-24(26,18-16-21)22-13-11-20(10-4-2)12-14-22/h11-14,21,26H,3-10,15-19H2,1-2H3. The maximum absolute atomic E-state index is 12.3. The molecule has 152 valence electrons. The fourth-order valence-electron chi connectivity index (χ4n) is 4.06. The molecule has 0 amide bonds. The predicted octanol–water partition coefficient (Wildman–Crippen LogP) is 5.92. The zero-order valence-corrected chi connectivity index (χ0v) is 17.3. The second kappa shape index (κ2) is 11.5. The number of ether oxygens (including phenoxy) is 1. The Morgan fingerprint density at radius 2 is 1.63 bits per heavy atom. The summed E-state index contributed by atoms with van der Waals surface area (Å²) in [5.41, 5.74) is 1.51. The van der Waals surface area contributed by atoms with Crippen LogP contribution >= 0.6 is 0 Å². The maximum Gasteiger partial charge on any atom is 0.308 e. The summed E-state index contributed by atoms with van der Waals surface area (Å²) in [5, 5.41) is 11.0. The number of unbranched alkanes of at least 4 members (excludes halogenated alkanes) is 5. The molecule has 0 radical (unpaired) electrons. The molecule has 0 spiro atoms. The first-order chi connectivity index (χ1) is 13.1. The largest absolute Gasteiger partial charge is 0.465 e. The second-order valence-electron chi connectivity index (χ2n) is 8.19. The Balaban J connectivity index is 1.71. The molecule has 1 fully saturated rings. The summed E-state index contributed by atoms with van der Waals surface area (Å²) < 4.78 is 5.48. The van der Waals surface area contributed by atoms with Gasteiger partial charge in [-0.3, -0.25) is 4.79 Å². The van der Waals surface area contributed by atoms with E-state index in [0.717, 1.165) is 31.2 Å². The molecular weight excluding hydrogens is 336 g/mol. The Bertz CT molecular complexity index is 541. The van der Waals surface area contributed by atoms with Gasteiger partial charge in [0.15, 0.2) is 0 Å². The van der Waals surface area contributed by atoms with E-state index in [1.165, 1.54) is 31.2 Å². The summed E-state index contributed by atoms with van der Waals surface area (Å²) in [6.45, 7) is 4.94. The van der Waals surface area contributed by atoms with E-state index in [4.69, 9.17) is 4.74 Å². The Hall–Kier alpha value is -1.35. The van der Waals surface area contributed by atoms with E-state index in [1.54, 1.807) is 0 Å². The Morgan fingerprint density at radius 3 is 2.26 bits per heavy atom. The third-order valence-corrected chi connectivity index (χ3v) is 5.92. The summed E-state index contributed by atoms with van der Waals surface area (Å²) in [6, 6.07) is 8.36. The minimum Gasteiger partial charge on any atom is -0.465 e.